The summed E-state index contributed by atoms with van der Waals surface area (Å²) in [7, 11) is 0. The first kappa shape index (κ1) is 15.5. The van der Waals surface area contributed by atoms with Gasteiger partial charge in [-0.2, -0.15) is 0 Å². The Balaban J connectivity index is 2.44. The molecule has 0 bridgehead atoms. The Morgan fingerprint density at radius 1 is 1.37 bits per heavy atom. The highest BCUT2D eigenvalue weighted by atomic mass is 16.5. The summed E-state index contributed by atoms with van der Waals surface area (Å²) < 4.78 is 5.64. The summed E-state index contributed by atoms with van der Waals surface area (Å²) >= 11 is 0. The number of aliphatic hydroxyl groups is 1. The first-order valence-corrected chi connectivity index (χ1v) is 6.43. The second-order valence-electron chi connectivity index (χ2n) is 5.40. The van der Waals surface area contributed by atoms with E-state index in [2.05, 4.69) is 0 Å². The smallest absolute Gasteiger partial charge is 0.309 e. The van der Waals surface area contributed by atoms with Gasteiger partial charge in [0.25, 0.3) is 0 Å². The molecule has 0 amide bonds. The first-order valence-electron chi connectivity index (χ1n) is 6.43. The van der Waals surface area contributed by atoms with Crippen LogP contribution in [-0.4, -0.2) is 22.8 Å². The molecule has 1 aromatic rings. The highest BCUT2D eigenvalue weighted by Gasteiger charge is 2.26. The third-order valence-corrected chi connectivity index (χ3v) is 3.20. The fourth-order valence-electron chi connectivity index (χ4n) is 1.77. The van der Waals surface area contributed by atoms with Gasteiger partial charge in [-0.3, -0.25) is 4.79 Å². The number of rotatable bonds is 7. The number of carboxylic acids is 1. The van der Waals surface area contributed by atoms with Crippen molar-refractivity contribution in [2.75, 3.05) is 6.61 Å². The number of aryl methyl sites for hydroxylation is 1. The Kier molecular flexibility index (Phi) is 5.36. The number of benzene rings is 1. The Labute approximate surface area is 114 Å². The molecule has 1 aromatic carbocycles. The van der Waals surface area contributed by atoms with E-state index in [4.69, 9.17) is 14.9 Å². The van der Waals surface area contributed by atoms with E-state index in [1.54, 1.807) is 13.8 Å². The quantitative estimate of drug-likeness (QED) is 0.745. The summed E-state index contributed by atoms with van der Waals surface area (Å²) in [5.74, 6) is 0.00121. The topological polar surface area (TPSA) is 66.8 Å². The monoisotopic (exact) mass is 266 g/mol. The zero-order chi connectivity index (χ0) is 14.5. The zero-order valence-corrected chi connectivity index (χ0v) is 11.8. The average Bonchev–Trinajstić information content (AvgIpc) is 2.35. The molecule has 0 saturated heterocycles. The van der Waals surface area contributed by atoms with Crippen molar-refractivity contribution in [2.24, 2.45) is 5.41 Å². The largest absolute Gasteiger partial charge is 0.493 e. The minimum absolute atomic E-state index is 0.0217. The van der Waals surface area contributed by atoms with Crippen LogP contribution in [-0.2, 0) is 11.4 Å². The van der Waals surface area contributed by atoms with Gasteiger partial charge in [0.2, 0.25) is 0 Å². The van der Waals surface area contributed by atoms with Crippen molar-refractivity contribution in [1.29, 1.82) is 0 Å². The lowest BCUT2D eigenvalue weighted by atomic mass is 9.88. The van der Waals surface area contributed by atoms with E-state index in [1.807, 2.05) is 25.1 Å². The minimum Gasteiger partial charge on any atom is -0.493 e. The Bertz CT molecular complexity index is 438. The molecule has 106 valence electrons. The molecular formula is C15H22O4. The van der Waals surface area contributed by atoms with Gasteiger partial charge in [0.1, 0.15) is 5.75 Å². The maximum atomic E-state index is 10.9. The fraction of sp³-hybridized carbons (Fsp3) is 0.533. The van der Waals surface area contributed by atoms with Gasteiger partial charge >= 0.3 is 5.97 Å². The molecule has 4 heteroatoms. The Morgan fingerprint density at radius 2 is 2.05 bits per heavy atom. The molecule has 0 unspecified atom stereocenters. The predicted octanol–water partition coefficient (Wildman–Crippen LogP) is 2.76. The zero-order valence-electron chi connectivity index (χ0n) is 11.8. The first-order chi connectivity index (χ1) is 8.86. The predicted molar refractivity (Wildman–Crippen MR) is 73.2 cm³/mol. The van der Waals surface area contributed by atoms with Crippen LogP contribution in [0.5, 0.6) is 5.75 Å². The van der Waals surface area contributed by atoms with Gasteiger partial charge in [-0.1, -0.05) is 12.1 Å². The molecule has 0 aliphatic carbocycles. The molecule has 2 N–H and O–H groups in total. The van der Waals surface area contributed by atoms with Crippen molar-refractivity contribution in [3.63, 3.8) is 0 Å². The summed E-state index contributed by atoms with van der Waals surface area (Å²) in [5.41, 5.74) is 1.12. The van der Waals surface area contributed by atoms with E-state index in [0.717, 1.165) is 16.9 Å². The van der Waals surface area contributed by atoms with E-state index in [0.29, 0.717) is 19.4 Å². The number of hydrogen-bond acceptors (Lipinski definition) is 3. The molecule has 0 aliphatic heterocycles. The standard InChI is InChI=1S/C15H22O4/c1-11-9-12(10-16)5-6-13(11)19-8-4-7-15(2,3)14(17)18/h5-6,9,16H,4,7-8,10H2,1-3H3,(H,17,18). The van der Waals surface area contributed by atoms with Gasteiger partial charge in [0, 0.05) is 0 Å². The lowest BCUT2D eigenvalue weighted by Gasteiger charge is -2.19. The second-order valence-corrected chi connectivity index (χ2v) is 5.40. The number of carboxylic acid groups (broad SMARTS) is 1. The van der Waals surface area contributed by atoms with E-state index in [9.17, 15) is 4.79 Å². The molecule has 19 heavy (non-hydrogen) atoms. The normalized spacial score (nSPS) is 11.4. The average molecular weight is 266 g/mol. The Hall–Kier alpha value is -1.55. The van der Waals surface area contributed by atoms with Gasteiger partial charge in [0.15, 0.2) is 0 Å². The van der Waals surface area contributed by atoms with Crippen LogP contribution in [0.3, 0.4) is 0 Å². The third kappa shape index (κ3) is 4.56. The van der Waals surface area contributed by atoms with E-state index in [-0.39, 0.29) is 6.61 Å². The lowest BCUT2D eigenvalue weighted by Crippen LogP contribution is -2.24. The van der Waals surface area contributed by atoms with Gasteiger partial charge in [-0.25, -0.2) is 0 Å². The molecule has 0 radical (unpaired) electrons. The number of aliphatic hydroxyl groups excluding tert-OH is 1. The van der Waals surface area contributed by atoms with Gasteiger partial charge in [-0.15, -0.1) is 0 Å². The third-order valence-electron chi connectivity index (χ3n) is 3.20. The van der Waals surface area contributed by atoms with Crippen LogP contribution >= 0.6 is 0 Å². The van der Waals surface area contributed by atoms with E-state index in [1.165, 1.54) is 0 Å². The highest BCUT2D eigenvalue weighted by Crippen LogP contribution is 2.24. The van der Waals surface area contributed by atoms with Gasteiger partial charge < -0.3 is 14.9 Å². The van der Waals surface area contributed by atoms with Crippen LogP contribution < -0.4 is 4.74 Å². The number of hydrogen-bond donors (Lipinski definition) is 2. The minimum atomic E-state index is -0.782. The molecule has 4 nitrogen and oxygen atoms in total. The fourth-order valence-corrected chi connectivity index (χ4v) is 1.77. The number of ether oxygens (including phenoxy) is 1. The van der Waals surface area contributed by atoms with Crippen molar-refractivity contribution < 1.29 is 19.7 Å². The summed E-state index contributed by atoms with van der Waals surface area (Å²) in [5, 5.41) is 18.0. The van der Waals surface area contributed by atoms with Crippen LogP contribution in [0.1, 0.15) is 37.8 Å². The number of carbonyl (C=O) groups is 1. The van der Waals surface area contributed by atoms with Crippen molar-refractivity contribution >= 4 is 5.97 Å². The van der Waals surface area contributed by atoms with Crippen LogP contribution in [0, 0.1) is 12.3 Å². The van der Waals surface area contributed by atoms with Crippen molar-refractivity contribution in [3.8, 4) is 5.75 Å². The molecule has 0 atom stereocenters. The summed E-state index contributed by atoms with van der Waals surface area (Å²) in [6.07, 6.45) is 1.27. The SMILES string of the molecule is Cc1cc(CO)ccc1OCCCC(C)(C)C(=O)O. The van der Waals surface area contributed by atoms with Crippen molar-refractivity contribution in [2.45, 2.75) is 40.2 Å². The molecule has 0 heterocycles. The molecular weight excluding hydrogens is 244 g/mol. The van der Waals surface area contributed by atoms with Gasteiger partial charge in [0.05, 0.1) is 18.6 Å². The molecule has 0 fully saturated rings. The second kappa shape index (κ2) is 6.57. The Morgan fingerprint density at radius 3 is 2.58 bits per heavy atom. The highest BCUT2D eigenvalue weighted by molar-refractivity contribution is 5.73. The van der Waals surface area contributed by atoms with Gasteiger partial charge in [-0.05, 0) is 50.8 Å². The molecule has 1 rings (SSSR count). The summed E-state index contributed by atoms with van der Waals surface area (Å²) in [6.45, 7) is 5.88. The number of aliphatic carboxylic acids is 1. The van der Waals surface area contributed by atoms with Crippen LogP contribution in [0.25, 0.3) is 0 Å². The maximum absolute atomic E-state index is 10.9. The molecule has 0 saturated carbocycles. The maximum Gasteiger partial charge on any atom is 0.309 e. The van der Waals surface area contributed by atoms with Crippen LogP contribution in [0.15, 0.2) is 18.2 Å². The molecule has 0 aliphatic rings. The summed E-state index contributed by atoms with van der Waals surface area (Å²) in [4.78, 5) is 10.9. The summed E-state index contributed by atoms with van der Waals surface area (Å²) in [6, 6.07) is 5.54. The van der Waals surface area contributed by atoms with E-state index >= 15 is 0 Å². The van der Waals surface area contributed by atoms with Crippen LogP contribution in [0.4, 0.5) is 0 Å². The molecule has 0 aromatic heterocycles. The molecule has 0 spiro atoms. The lowest BCUT2D eigenvalue weighted by molar-refractivity contribution is -0.147. The van der Waals surface area contributed by atoms with Crippen molar-refractivity contribution in [1.82, 2.24) is 0 Å². The van der Waals surface area contributed by atoms with Crippen LogP contribution in [0.2, 0.25) is 0 Å². The van der Waals surface area contributed by atoms with E-state index < -0.39 is 11.4 Å². The van der Waals surface area contributed by atoms with Crippen molar-refractivity contribution in [3.05, 3.63) is 29.3 Å².